The molecule has 1 atom stereocenters. The Kier molecular flexibility index (Phi) is 6.83. The average molecular weight is 527 g/mol. The number of hydrogen-bond donors (Lipinski definition) is 2. The molecule has 1 amide bonds. The molecule has 0 bridgehead atoms. The van der Waals surface area contributed by atoms with Crippen molar-refractivity contribution >= 4 is 34.2 Å². The molecule has 4 aromatic rings. The Morgan fingerprint density at radius 1 is 1.10 bits per heavy atom. The minimum absolute atomic E-state index is 0.0558. The van der Waals surface area contributed by atoms with Crippen LogP contribution in [0.3, 0.4) is 0 Å². The van der Waals surface area contributed by atoms with E-state index in [9.17, 15) is 14.7 Å². The highest BCUT2D eigenvalue weighted by atomic mass is 16.5. The number of fused-ring (bicyclic) bond motifs is 2. The maximum atomic E-state index is 12.3. The smallest absolute Gasteiger partial charge is 0.305 e. The van der Waals surface area contributed by atoms with Crippen LogP contribution in [0.15, 0.2) is 55.0 Å². The van der Waals surface area contributed by atoms with E-state index in [0.717, 1.165) is 53.8 Å². The summed E-state index contributed by atoms with van der Waals surface area (Å²) in [4.78, 5) is 34.9. The molecule has 5 heterocycles. The van der Waals surface area contributed by atoms with E-state index >= 15 is 0 Å². The highest BCUT2D eigenvalue weighted by Gasteiger charge is 2.25. The minimum atomic E-state index is -0.946. The molecular weight excluding hydrogens is 496 g/mol. The Labute approximate surface area is 225 Å². The topological polar surface area (TPSA) is 122 Å². The summed E-state index contributed by atoms with van der Waals surface area (Å²) in [5.74, 6) is -0.175. The molecule has 3 aromatic heterocycles. The number of anilines is 2. The van der Waals surface area contributed by atoms with Crippen molar-refractivity contribution in [3.63, 3.8) is 0 Å². The molecule has 2 aliphatic heterocycles. The first-order valence-corrected chi connectivity index (χ1v) is 13.3. The van der Waals surface area contributed by atoms with Gasteiger partial charge in [-0.2, -0.15) is 5.10 Å². The Morgan fingerprint density at radius 3 is 2.87 bits per heavy atom. The van der Waals surface area contributed by atoms with Crippen molar-refractivity contribution in [2.45, 2.75) is 44.6 Å². The van der Waals surface area contributed by atoms with Gasteiger partial charge in [0.25, 0.3) is 0 Å². The lowest BCUT2D eigenvalue weighted by Gasteiger charge is -2.20. The lowest BCUT2D eigenvalue weighted by atomic mass is 10.0. The number of amides is 1. The largest absolute Gasteiger partial charge is 0.493 e. The van der Waals surface area contributed by atoms with Crippen LogP contribution in [-0.2, 0) is 22.4 Å². The van der Waals surface area contributed by atoms with E-state index in [2.05, 4.69) is 21.5 Å². The highest BCUT2D eigenvalue weighted by molar-refractivity contribution is 5.95. The van der Waals surface area contributed by atoms with Crippen molar-refractivity contribution in [1.29, 1.82) is 0 Å². The first-order valence-electron chi connectivity index (χ1n) is 13.3. The summed E-state index contributed by atoms with van der Waals surface area (Å²) in [6.45, 7) is 2.13. The molecule has 10 heteroatoms. The molecule has 0 radical (unpaired) electrons. The number of aryl methyl sites for hydroxylation is 1. The number of carboxylic acids is 1. The number of nitrogens with one attached hydrogen (secondary N) is 1. The predicted octanol–water partition coefficient (Wildman–Crippen LogP) is 4.00. The molecule has 1 saturated heterocycles. The van der Waals surface area contributed by atoms with E-state index in [-0.39, 0.29) is 12.3 Å². The monoisotopic (exact) mass is 526 g/mol. The maximum Gasteiger partial charge on any atom is 0.305 e. The van der Waals surface area contributed by atoms with Crippen LogP contribution >= 0.6 is 0 Å². The van der Waals surface area contributed by atoms with Crippen LogP contribution in [0.2, 0.25) is 0 Å². The molecule has 1 fully saturated rings. The van der Waals surface area contributed by atoms with Crippen molar-refractivity contribution in [1.82, 2.24) is 19.7 Å². The Morgan fingerprint density at radius 2 is 2.03 bits per heavy atom. The van der Waals surface area contributed by atoms with Gasteiger partial charge in [-0.1, -0.05) is 0 Å². The van der Waals surface area contributed by atoms with E-state index in [4.69, 9.17) is 9.72 Å². The zero-order valence-corrected chi connectivity index (χ0v) is 21.5. The molecule has 1 aromatic carbocycles. The third-order valence-electron chi connectivity index (χ3n) is 7.31. The van der Waals surface area contributed by atoms with E-state index in [0.29, 0.717) is 43.0 Å². The van der Waals surface area contributed by atoms with Gasteiger partial charge >= 0.3 is 5.97 Å². The van der Waals surface area contributed by atoms with Crippen molar-refractivity contribution in [3.05, 3.63) is 71.9 Å². The van der Waals surface area contributed by atoms with E-state index in [1.807, 2.05) is 30.3 Å². The quantitative estimate of drug-likeness (QED) is 0.336. The number of rotatable bonds is 9. The molecule has 0 saturated carbocycles. The fourth-order valence-corrected chi connectivity index (χ4v) is 5.37. The minimum Gasteiger partial charge on any atom is -0.493 e. The summed E-state index contributed by atoms with van der Waals surface area (Å²) in [7, 11) is 0. The third kappa shape index (κ3) is 5.27. The second kappa shape index (κ2) is 10.7. The summed E-state index contributed by atoms with van der Waals surface area (Å²) in [6, 6.07) is 11.1. The van der Waals surface area contributed by atoms with Crippen molar-refractivity contribution in [2.24, 2.45) is 0 Å². The van der Waals surface area contributed by atoms with Gasteiger partial charge in [-0.05, 0) is 61.2 Å². The number of pyridine rings is 2. The van der Waals surface area contributed by atoms with Gasteiger partial charge in [0.2, 0.25) is 5.91 Å². The first-order chi connectivity index (χ1) is 19.0. The lowest BCUT2D eigenvalue weighted by Crippen LogP contribution is -2.24. The molecule has 0 spiro atoms. The number of ether oxygens (including phenoxy) is 1. The van der Waals surface area contributed by atoms with Gasteiger partial charge in [0, 0.05) is 43.2 Å². The van der Waals surface area contributed by atoms with Gasteiger partial charge in [0.15, 0.2) is 0 Å². The molecule has 2 N–H and O–H groups in total. The fourth-order valence-electron chi connectivity index (χ4n) is 5.37. The van der Waals surface area contributed by atoms with Gasteiger partial charge in [0.05, 0.1) is 54.0 Å². The Hall–Kier alpha value is -4.47. The van der Waals surface area contributed by atoms with Crippen LogP contribution in [0, 0.1) is 0 Å². The zero-order valence-electron chi connectivity index (χ0n) is 21.5. The van der Waals surface area contributed by atoms with E-state index < -0.39 is 12.0 Å². The standard InChI is InChI=1S/C29H30N6O4/c36-28-4-2-11-34(28)22-13-19(16-30-18-22)27(15-29(37)38)35-26-8-6-23(14-20(26)17-32-35)39-12-9-21-5-7-24-25(33-21)3-1-10-31-24/h5-8,13-14,16-18,27,31H,1-4,9-12,15H2,(H,37,38). The van der Waals surface area contributed by atoms with Gasteiger partial charge in [-0.15, -0.1) is 0 Å². The van der Waals surface area contributed by atoms with Crippen LogP contribution in [0.5, 0.6) is 5.75 Å². The SMILES string of the molecule is O=C(O)CC(c1cncc(N2CCCC2=O)c1)n1ncc2cc(OCCc3ccc4c(n3)CCCN4)ccc21. The maximum absolute atomic E-state index is 12.3. The van der Waals surface area contributed by atoms with Gasteiger partial charge in [0.1, 0.15) is 5.75 Å². The third-order valence-corrected chi connectivity index (χ3v) is 7.31. The second-order valence-electron chi connectivity index (χ2n) is 9.97. The number of carbonyl (C=O) groups is 2. The molecule has 1 unspecified atom stereocenters. The summed E-state index contributed by atoms with van der Waals surface area (Å²) in [5, 5.41) is 18.5. The molecule has 6 rings (SSSR count). The zero-order chi connectivity index (χ0) is 26.8. The number of aliphatic carboxylic acids is 1. The van der Waals surface area contributed by atoms with E-state index in [1.165, 1.54) is 0 Å². The summed E-state index contributed by atoms with van der Waals surface area (Å²) < 4.78 is 7.74. The molecule has 2 aliphatic rings. The number of carbonyl (C=O) groups excluding carboxylic acids is 1. The number of carboxylic acid groups (broad SMARTS) is 1. The van der Waals surface area contributed by atoms with Crippen molar-refractivity contribution < 1.29 is 19.4 Å². The van der Waals surface area contributed by atoms with Gasteiger partial charge < -0.3 is 20.1 Å². The number of nitrogens with zero attached hydrogens (tertiary/aromatic N) is 5. The number of benzene rings is 1. The van der Waals surface area contributed by atoms with Crippen LogP contribution < -0.4 is 15.0 Å². The normalized spacial score (nSPS) is 15.7. The van der Waals surface area contributed by atoms with Gasteiger partial charge in [-0.25, -0.2) is 0 Å². The predicted molar refractivity (Wildman–Crippen MR) is 146 cm³/mol. The summed E-state index contributed by atoms with van der Waals surface area (Å²) >= 11 is 0. The molecule has 0 aliphatic carbocycles. The molecular formula is C29H30N6O4. The number of hydrogen-bond acceptors (Lipinski definition) is 7. The lowest BCUT2D eigenvalue weighted by molar-refractivity contribution is -0.137. The van der Waals surface area contributed by atoms with E-state index in [1.54, 1.807) is 28.2 Å². The van der Waals surface area contributed by atoms with Crippen LogP contribution in [-0.4, -0.2) is 56.4 Å². The van der Waals surface area contributed by atoms with Crippen LogP contribution in [0.1, 0.15) is 48.7 Å². The second-order valence-corrected chi connectivity index (χ2v) is 9.97. The Bertz CT molecular complexity index is 1530. The van der Waals surface area contributed by atoms with Gasteiger partial charge in [-0.3, -0.25) is 24.2 Å². The Balaban J connectivity index is 1.19. The first kappa shape index (κ1) is 24.8. The fraction of sp³-hybridized carbons (Fsp3) is 0.345. The molecule has 39 heavy (non-hydrogen) atoms. The van der Waals surface area contributed by atoms with Crippen LogP contribution in [0.25, 0.3) is 10.9 Å². The van der Waals surface area contributed by atoms with Crippen molar-refractivity contribution in [2.75, 3.05) is 29.9 Å². The number of aromatic nitrogens is 4. The molecule has 10 nitrogen and oxygen atoms in total. The summed E-state index contributed by atoms with van der Waals surface area (Å²) in [5.41, 5.74) is 5.42. The average Bonchev–Trinajstić information content (AvgIpc) is 3.57. The van der Waals surface area contributed by atoms with Crippen molar-refractivity contribution in [3.8, 4) is 5.75 Å². The molecule has 200 valence electrons. The summed E-state index contributed by atoms with van der Waals surface area (Å²) in [6.07, 6.45) is 8.95. The highest BCUT2D eigenvalue weighted by Crippen LogP contribution is 2.31. The van der Waals surface area contributed by atoms with Crippen LogP contribution in [0.4, 0.5) is 11.4 Å².